The molecule has 0 fully saturated rings. The summed E-state index contributed by atoms with van der Waals surface area (Å²) in [5, 5.41) is 0.578. The van der Waals surface area contributed by atoms with E-state index in [1.807, 2.05) is 26.0 Å². The topological polar surface area (TPSA) is 92.3 Å². The molecule has 0 saturated carbocycles. The molecule has 3 aromatic rings. The number of ether oxygens (including phenoxy) is 2. The van der Waals surface area contributed by atoms with Crippen molar-refractivity contribution in [1.82, 2.24) is 14.2 Å². The minimum atomic E-state index is -3.62. The van der Waals surface area contributed by atoms with Crippen LogP contribution >= 0.6 is 23.7 Å². The third-order valence-corrected chi connectivity index (χ3v) is 9.76. The highest BCUT2D eigenvalue weighted by molar-refractivity contribution is 7.89. The van der Waals surface area contributed by atoms with Crippen molar-refractivity contribution in [3.8, 4) is 11.5 Å². The van der Waals surface area contributed by atoms with Gasteiger partial charge in [0, 0.05) is 43.9 Å². The highest BCUT2D eigenvalue weighted by Crippen LogP contribution is 2.40. The van der Waals surface area contributed by atoms with Crippen LogP contribution in [0.1, 0.15) is 50.9 Å². The highest BCUT2D eigenvalue weighted by Gasteiger charge is 2.26. The van der Waals surface area contributed by atoms with E-state index >= 15 is 0 Å². The van der Waals surface area contributed by atoms with Crippen molar-refractivity contribution in [2.75, 3.05) is 51.0 Å². The molecule has 12 heteroatoms. The van der Waals surface area contributed by atoms with Crippen molar-refractivity contribution in [2.24, 2.45) is 0 Å². The van der Waals surface area contributed by atoms with E-state index in [4.69, 9.17) is 14.5 Å². The molecule has 0 bridgehead atoms. The number of carbonyl (C=O) groups excluding carboxylic acids is 1. The van der Waals surface area contributed by atoms with Crippen LogP contribution in [0.5, 0.6) is 11.5 Å². The average Bonchev–Trinajstić information content (AvgIpc) is 3.55. The number of benzene rings is 2. The Hall–Kier alpha value is -2.44. The van der Waals surface area contributed by atoms with Crippen LogP contribution in [-0.4, -0.2) is 74.6 Å². The van der Waals surface area contributed by atoms with Gasteiger partial charge < -0.3 is 14.4 Å². The van der Waals surface area contributed by atoms with E-state index < -0.39 is 10.0 Å². The maximum atomic E-state index is 13.8. The number of hydrogen-bond acceptors (Lipinski definition) is 8. The van der Waals surface area contributed by atoms with Gasteiger partial charge in [-0.25, -0.2) is 13.4 Å². The van der Waals surface area contributed by atoms with Crippen molar-refractivity contribution in [3.63, 3.8) is 0 Å². The third kappa shape index (κ3) is 6.83. The van der Waals surface area contributed by atoms with Crippen molar-refractivity contribution in [1.29, 1.82) is 0 Å². The third-order valence-electron chi connectivity index (χ3n) is 6.73. The predicted molar refractivity (Wildman–Crippen MR) is 158 cm³/mol. The van der Waals surface area contributed by atoms with Crippen molar-refractivity contribution in [2.45, 2.75) is 45.4 Å². The summed E-state index contributed by atoms with van der Waals surface area (Å²) in [6.07, 6.45) is 1.71. The molecule has 4 rings (SSSR count). The minimum Gasteiger partial charge on any atom is -0.454 e. The Morgan fingerprint density at radius 1 is 0.949 bits per heavy atom. The molecule has 214 valence electrons. The molecule has 0 radical (unpaired) electrons. The number of thiazole rings is 1. The number of aromatic nitrogens is 1. The Balaban J connectivity index is 0.00000420. The minimum absolute atomic E-state index is 0. The van der Waals surface area contributed by atoms with E-state index in [1.165, 1.54) is 27.8 Å². The molecule has 0 aliphatic carbocycles. The number of hydrogen-bond donors (Lipinski definition) is 0. The van der Waals surface area contributed by atoms with Crippen LogP contribution in [0.25, 0.3) is 10.2 Å². The van der Waals surface area contributed by atoms with Crippen molar-refractivity contribution >= 4 is 55.0 Å². The van der Waals surface area contributed by atoms with Crippen LogP contribution in [0, 0.1) is 0 Å². The zero-order valence-electron chi connectivity index (χ0n) is 22.9. The largest absolute Gasteiger partial charge is 0.454 e. The van der Waals surface area contributed by atoms with Gasteiger partial charge in [0.05, 0.1) is 15.1 Å². The van der Waals surface area contributed by atoms with Gasteiger partial charge in [-0.3, -0.25) is 9.69 Å². The number of nitrogens with zero attached hydrogens (tertiary/aromatic N) is 4. The molecule has 2 heterocycles. The summed E-state index contributed by atoms with van der Waals surface area (Å²) in [5.41, 5.74) is 1.15. The molecule has 0 unspecified atom stereocenters. The standard InChI is InChI=1S/C27H36N4O5S2.ClH/c1-5-9-14-30(8-4)38(33,34)21-12-10-20(11-13-21)26(32)31(16-15-29(6-2)7-3)27-28-22-17-23-24(36-19-35-23)18-25(22)37-27;/h10-13,17-18H,5-9,14-16,19H2,1-4H3;1H. The molecule has 0 spiro atoms. The Morgan fingerprint density at radius 3 is 2.23 bits per heavy atom. The first-order valence-electron chi connectivity index (χ1n) is 13.2. The van der Waals surface area contributed by atoms with E-state index in [2.05, 4.69) is 18.7 Å². The second kappa shape index (κ2) is 13.8. The number of anilines is 1. The summed E-state index contributed by atoms with van der Waals surface area (Å²) in [6, 6.07) is 9.97. The van der Waals surface area contributed by atoms with Crippen molar-refractivity contribution in [3.05, 3.63) is 42.0 Å². The molecular formula is C27H37ClN4O5S2. The zero-order valence-corrected chi connectivity index (χ0v) is 25.3. The lowest BCUT2D eigenvalue weighted by atomic mass is 10.2. The molecule has 1 aliphatic rings. The van der Waals surface area contributed by atoms with E-state index in [1.54, 1.807) is 17.0 Å². The van der Waals surface area contributed by atoms with Crippen LogP contribution in [0.15, 0.2) is 41.3 Å². The molecule has 1 aromatic heterocycles. The van der Waals surface area contributed by atoms with Gasteiger partial charge in [-0.05, 0) is 43.8 Å². The SMILES string of the molecule is CCCCN(CC)S(=O)(=O)c1ccc(C(=O)N(CCN(CC)CC)c2nc3cc4c(cc3s2)OCO4)cc1.Cl. The van der Waals surface area contributed by atoms with Gasteiger partial charge in [-0.1, -0.05) is 45.5 Å². The first-order chi connectivity index (χ1) is 18.3. The van der Waals surface area contributed by atoms with Crippen LogP contribution in [0.3, 0.4) is 0 Å². The fourth-order valence-electron chi connectivity index (χ4n) is 4.34. The summed E-state index contributed by atoms with van der Waals surface area (Å²) in [6.45, 7) is 12.0. The molecule has 9 nitrogen and oxygen atoms in total. The monoisotopic (exact) mass is 596 g/mol. The summed E-state index contributed by atoms with van der Waals surface area (Å²) in [4.78, 5) is 22.6. The summed E-state index contributed by atoms with van der Waals surface area (Å²) >= 11 is 1.42. The van der Waals surface area contributed by atoms with Gasteiger partial charge in [0.25, 0.3) is 5.91 Å². The van der Waals surface area contributed by atoms with Crippen LogP contribution < -0.4 is 14.4 Å². The lowest BCUT2D eigenvalue weighted by Crippen LogP contribution is -2.39. The maximum absolute atomic E-state index is 13.8. The van der Waals surface area contributed by atoms with Crippen LogP contribution in [0.4, 0.5) is 5.13 Å². The Bertz CT molecular complexity index is 1320. The number of rotatable bonds is 13. The number of carbonyl (C=O) groups is 1. The normalized spacial score (nSPS) is 12.8. The lowest BCUT2D eigenvalue weighted by Gasteiger charge is -2.25. The van der Waals surface area contributed by atoms with E-state index in [0.717, 1.165) is 36.1 Å². The molecular weight excluding hydrogens is 560 g/mol. The Labute approximate surface area is 241 Å². The van der Waals surface area contributed by atoms with Crippen LogP contribution in [-0.2, 0) is 10.0 Å². The number of amides is 1. The number of halogens is 1. The first-order valence-corrected chi connectivity index (χ1v) is 15.4. The summed E-state index contributed by atoms with van der Waals surface area (Å²) in [7, 11) is -3.62. The number of unbranched alkanes of at least 4 members (excludes halogenated alkanes) is 1. The van der Waals surface area contributed by atoms with E-state index in [0.29, 0.717) is 48.4 Å². The molecule has 1 amide bonds. The predicted octanol–water partition coefficient (Wildman–Crippen LogP) is 5.25. The second-order valence-corrected chi connectivity index (χ2v) is 12.0. The molecule has 0 saturated heterocycles. The Morgan fingerprint density at radius 2 is 1.62 bits per heavy atom. The average molecular weight is 597 g/mol. The van der Waals surface area contributed by atoms with Crippen molar-refractivity contribution < 1.29 is 22.7 Å². The van der Waals surface area contributed by atoms with Crippen LogP contribution in [0.2, 0.25) is 0 Å². The zero-order chi connectivity index (χ0) is 27.3. The smallest absolute Gasteiger partial charge is 0.260 e. The van der Waals surface area contributed by atoms with Gasteiger partial charge in [0.1, 0.15) is 0 Å². The molecule has 39 heavy (non-hydrogen) atoms. The number of fused-ring (bicyclic) bond motifs is 2. The fraction of sp³-hybridized carbons (Fsp3) is 0.481. The maximum Gasteiger partial charge on any atom is 0.260 e. The fourth-order valence-corrected chi connectivity index (χ4v) is 6.83. The summed E-state index contributed by atoms with van der Waals surface area (Å²) in [5.74, 6) is 1.09. The molecule has 1 aliphatic heterocycles. The van der Waals surface area contributed by atoms with Gasteiger partial charge in [-0.15, -0.1) is 12.4 Å². The second-order valence-electron chi connectivity index (χ2n) is 9.03. The van der Waals surface area contributed by atoms with Gasteiger partial charge in [-0.2, -0.15) is 4.31 Å². The molecule has 0 N–H and O–H groups in total. The highest BCUT2D eigenvalue weighted by atomic mass is 35.5. The summed E-state index contributed by atoms with van der Waals surface area (Å²) < 4.78 is 39.6. The van der Waals surface area contributed by atoms with Gasteiger partial charge in [0.15, 0.2) is 16.6 Å². The van der Waals surface area contributed by atoms with Gasteiger partial charge >= 0.3 is 0 Å². The van der Waals surface area contributed by atoms with E-state index in [9.17, 15) is 13.2 Å². The molecule has 2 aromatic carbocycles. The first kappa shape index (κ1) is 31.1. The molecule has 0 atom stereocenters. The quantitative estimate of drug-likeness (QED) is 0.266. The van der Waals surface area contributed by atoms with Gasteiger partial charge in [0.2, 0.25) is 16.8 Å². The van der Waals surface area contributed by atoms with E-state index in [-0.39, 0.29) is 30.0 Å². The number of likely N-dealkylation sites (N-methyl/N-ethyl adjacent to an activating group) is 1. The Kier molecular flexibility index (Phi) is 11.0. The lowest BCUT2D eigenvalue weighted by molar-refractivity contribution is 0.0983. The number of sulfonamides is 1.